The smallest absolute Gasteiger partial charge is 0.417 e. The van der Waals surface area contributed by atoms with Crippen molar-refractivity contribution in [3.8, 4) is 11.3 Å². The summed E-state index contributed by atoms with van der Waals surface area (Å²) in [5, 5.41) is 2.36. The Kier molecular flexibility index (Phi) is 7.04. The first-order valence-corrected chi connectivity index (χ1v) is 11.1. The second-order valence-corrected chi connectivity index (χ2v) is 8.58. The third-order valence-corrected chi connectivity index (χ3v) is 5.60. The first-order valence-electron chi connectivity index (χ1n) is 9.97. The molecule has 2 aromatic heterocycles. The molecule has 2 heterocycles. The van der Waals surface area contributed by atoms with Crippen molar-refractivity contribution in [1.29, 1.82) is 0 Å². The molecule has 0 aliphatic heterocycles. The van der Waals surface area contributed by atoms with Crippen LogP contribution in [-0.2, 0) is 15.7 Å². The number of amides is 1. The van der Waals surface area contributed by atoms with Gasteiger partial charge in [0, 0.05) is 21.6 Å². The number of benzene rings is 2. The number of esters is 1. The third-order valence-electron chi connectivity index (χ3n) is 4.82. The topological polar surface area (TPSA) is 81.2 Å². The number of fused-ring (bicyclic) bond motifs is 1. The van der Waals surface area contributed by atoms with Crippen molar-refractivity contribution in [3.63, 3.8) is 0 Å². The van der Waals surface area contributed by atoms with E-state index in [1.807, 2.05) is 24.3 Å². The lowest BCUT2D eigenvalue weighted by atomic mass is 10.0. The number of hydrogen-bond acceptors (Lipinski definition) is 5. The van der Waals surface area contributed by atoms with E-state index in [9.17, 15) is 22.8 Å². The van der Waals surface area contributed by atoms with Crippen LogP contribution in [0.1, 0.15) is 15.9 Å². The van der Waals surface area contributed by atoms with E-state index in [1.54, 1.807) is 30.3 Å². The molecule has 0 unspecified atom stereocenters. The zero-order valence-electron chi connectivity index (χ0n) is 17.6. The van der Waals surface area contributed by atoms with Crippen LogP contribution in [0.25, 0.3) is 22.2 Å². The van der Waals surface area contributed by atoms with Gasteiger partial charge in [-0.3, -0.25) is 4.79 Å². The van der Waals surface area contributed by atoms with Gasteiger partial charge in [0.05, 0.1) is 27.4 Å². The van der Waals surface area contributed by atoms with Crippen LogP contribution in [0, 0.1) is 0 Å². The van der Waals surface area contributed by atoms with Crippen LogP contribution in [0.5, 0.6) is 0 Å². The highest BCUT2D eigenvalue weighted by Gasteiger charge is 2.31. The summed E-state index contributed by atoms with van der Waals surface area (Å²) in [6.45, 7) is -0.708. The lowest BCUT2D eigenvalue weighted by Gasteiger charge is -2.12. The van der Waals surface area contributed by atoms with Crippen molar-refractivity contribution < 1.29 is 27.5 Å². The van der Waals surface area contributed by atoms with Crippen LogP contribution >= 0.6 is 27.5 Å². The van der Waals surface area contributed by atoms with Gasteiger partial charge in [0.15, 0.2) is 12.4 Å². The number of ether oxygens (including phenoxy) is 1. The number of carbonyl (C=O) groups is 2. The number of aromatic nitrogens is 2. The van der Waals surface area contributed by atoms with Crippen molar-refractivity contribution in [2.24, 2.45) is 0 Å². The van der Waals surface area contributed by atoms with E-state index in [0.29, 0.717) is 28.9 Å². The summed E-state index contributed by atoms with van der Waals surface area (Å²) in [5.41, 5.74) is 0.992. The van der Waals surface area contributed by atoms with E-state index < -0.39 is 35.2 Å². The maximum absolute atomic E-state index is 12.9. The highest BCUT2D eigenvalue weighted by atomic mass is 79.9. The van der Waals surface area contributed by atoms with E-state index in [2.05, 4.69) is 31.2 Å². The Hall–Kier alpha value is -3.50. The van der Waals surface area contributed by atoms with Crippen molar-refractivity contribution in [2.45, 2.75) is 6.18 Å². The van der Waals surface area contributed by atoms with Gasteiger partial charge < -0.3 is 10.1 Å². The number of alkyl halides is 3. The molecular weight excluding hydrogens is 551 g/mol. The molecule has 178 valence electrons. The zero-order valence-corrected chi connectivity index (χ0v) is 19.9. The quantitative estimate of drug-likeness (QED) is 0.279. The van der Waals surface area contributed by atoms with Crippen molar-refractivity contribution in [3.05, 3.63) is 87.5 Å². The predicted octanol–water partition coefficient (Wildman–Crippen LogP) is 6.53. The Morgan fingerprint density at radius 2 is 1.83 bits per heavy atom. The standard InChI is InChI=1S/C24H14BrClF3N3O3/c25-15-5-3-4-13(8-15)20-10-17(16-6-1-2-7-19(16)31-20)23(34)35-12-21(33)32-22-18(26)9-14(11-30-22)24(27,28)29/h1-11H,12H2,(H,30,32,33). The molecule has 11 heteroatoms. The SMILES string of the molecule is O=C(COC(=O)c1cc(-c2cccc(Br)c2)nc2ccccc12)Nc1ncc(C(F)(F)F)cc1Cl. The minimum absolute atomic E-state index is 0.198. The van der Waals surface area contributed by atoms with Gasteiger partial charge in [-0.15, -0.1) is 0 Å². The molecule has 2 aromatic carbocycles. The summed E-state index contributed by atoms with van der Waals surface area (Å²) in [6.07, 6.45) is -4.09. The number of para-hydroxylation sites is 1. The molecule has 0 fully saturated rings. The van der Waals surface area contributed by atoms with E-state index in [1.165, 1.54) is 0 Å². The van der Waals surface area contributed by atoms with Crippen LogP contribution < -0.4 is 5.32 Å². The second-order valence-electron chi connectivity index (χ2n) is 7.26. The van der Waals surface area contributed by atoms with Crippen LogP contribution in [0.2, 0.25) is 5.02 Å². The predicted molar refractivity (Wildman–Crippen MR) is 128 cm³/mol. The molecular formula is C24H14BrClF3N3O3. The normalized spacial score (nSPS) is 11.3. The number of halogens is 5. The Bertz CT molecular complexity index is 1450. The number of rotatable bonds is 5. The Morgan fingerprint density at radius 3 is 2.54 bits per heavy atom. The van der Waals surface area contributed by atoms with Crippen LogP contribution in [0.3, 0.4) is 0 Å². The van der Waals surface area contributed by atoms with Gasteiger partial charge in [-0.1, -0.05) is 57.9 Å². The van der Waals surface area contributed by atoms with Gasteiger partial charge in [-0.05, 0) is 30.3 Å². The number of carbonyl (C=O) groups excluding carboxylic acids is 2. The van der Waals surface area contributed by atoms with E-state index in [0.717, 1.165) is 10.0 Å². The Balaban J connectivity index is 1.52. The molecule has 0 aliphatic carbocycles. The number of hydrogen-bond donors (Lipinski definition) is 1. The van der Waals surface area contributed by atoms with E-state index in [-0.39, 0.29) is 11.4 Å². The molecule has 6 nitrogen and oxygen atoms in total. The summed E-state index contributed by atoms with van der Waals surface area (Å²) in [6, 6.07) is 16.6. The maximum Gasteiger partial charge on any atom is 0.417 e. The van der Waals surface area contributed by atoms with Crippen molar-refractivity contribution in [1.82, 2.24) is 9.97 Å². The summed E-state index contributed by atoms with van der Waals surface area (Å²) in [5.74, 6) is -1.88. The largest absolute Gasteiger partial charge is 0.452 e. The molecule has 0 saturated heterocycles. The lowest BCUT2D eigenvalue weighted by Crippen LogP contribution is -2.22. The lowest BCUT2D eigenvalue weighted by molar-refractivity contribution is -0.137. The van der Waals surface area contributed by atoms with Gasteiger partial charge in [-0.25, -0.2) is 14.8 Å². The van der Waals surface area contributed by atoms with Crippen LogP contribution in [-0.4, -0.2) is 28.5 Å². The summed E-state index contributed by atoms with van der Waals surface area (Å²) < 4.78 is 44.2. The number of nitrogens with zero attached hydrogens (tertiary/aromatic N) is 2. The summed E-state index contributed by atoms with van der Waals surface area (Å²) in [7, 11) is 0. The molecule has 0 bridgehead atoms. The molecule has 4 rings (SSSR count). The first kappa shape index (κ1) is 24.6. The van der Waals surface area contributed by atoms with Gasteiger partial charge in [0.1, 0.15) is 0 Å². The first-order chi connectivity index (χ1) is 16.6. The van der Waals surface area contributed by atoms with E-state index >= 15 is 0 Å². The van der Waals surface area contributed by atoms with Crippen LogP contribution in [0.4, 0.5) is 19.0 Å². The van der Waals surface area contributed by atoms with E-state index in [4.69, 9.17) is 16.3 Å². The molecule has 35 heavy (non-hydrogen) atoms. The van der Waals surface area contributed by atoms with Crippen molar-refractivity contribution >= 4 is 56.1 Å². The summed E-state index contributed by atoms with van der Waals surface area (Å²) >= 11 is 9.20. The molecule has 0 spiro atoms. The molecule has 0 radical (unpaired) electrons. The highest BCUT2D eigenvalue weighted by Crippen LogP contribution is 2.32. The fourth-order valence-electron chi connectivity index (χ4n) is 3.20. The van der Waals surface area contributed by atoms with Gasteiger partial charge >= 0.3 is 12.1 Å². The molecule has 0 atom stereocenters. The van der Waals surface area contributed by atoms with Crippen LogP contribution in [0.15, 0.2) is 71.3 Å². The Labute approximate surface area is 210 Å². The molecule has 1 amide bonds. The third kappa shape index (κ3) is 5.77. The minimum atomic E-state index is -4.63. The zero-order chi connectivity index (χ0) is 25.2. The highest BCUT2D eigenvalue weighted by molar-refractivity contribution is 9.10. The fourth-order valence-corrected chi connectivity index (χ4v) is 3.81. The number of nitrogens with one attached hydrogen (secondary N) is 1. The average Bonchev–Trinajstić information content (AvgIpc) is 2.82. The molecule has 4 aromatic rings. The fraction of sp³-hybridized carbons (Fsp3) is 0.0833. The summed E-state index contributed by atoms with van der Waals surface area (Å²) in [4.78, 5) is 33.3. The van der Waals surface area contributed by atoms with Gasteiger partial charge in [0.2, 0.25) is 0 Å². The monoisotopic (exact) mass is 563 g/mol. The Morgan fingerprint density at radius 1 is 1.06 bits per heavy atom. The number of anilines is 1. The molecule has 1 N–H and O–H groups in total. The molecule has 0 aliphatic rings. The van der Waals surface area contributed by atoms with Gasteiger partial charge in [0.25, 0.3) is 5.91 Å². The number of pyridine rings is 2. The average molecular weight is 565 g/mol. The van der Waals surface area contributed by atoms with Crippen molar-refractivity contribution in [2.75, 3.05) is 11.9 Å². The molecule has 0 saturated carbocycles. The maximum atomic E-state index is 12.9. The second kappa shape index (κ2) is 10.0. The van der Waals surface area contributed by atoms with Gasteiger partial charge in [-0.2, -0.15) is 13.2 Å². The minimum Gasteiger partial charge on any atom is -0.452 e.